The van der Waals surface area contributed by atoms with Crippen LogP contribution in [0.5, 0.6) is 0 Å². The predicted molar refractivity (Wildman–Crippen MR) is 74.5 cm³/mol. The summed E-state index contributed by atoms with van der Waals surface area (Å²) >= 11 is 1.19. The van der Waals surface area contributed by atoms with Gasteiger partial charge in [-0.3, -0.25) is 4.79 Å². The largest absolute Gasteiger partial charge is 0.356 e. The van der Waals surface area contributed by atoms with Gasteiger partial charge in [0.2, 0.25) is 5.91 Å². The van der Waals surface area contributed by atoms with Crippen LogP contribution in [0.15, 0.2) is 23.6 Å². The average molecular weight is 296 g/mol. The van der Waals surface area contributed by atoms with E-state index in [1.54, 1.807) is 12.3 Å². The Morgan fingerprint density at radius 2 is 2.05 bits per heavy atom. The molecule has 20 heavy (non-hydrogen) atoms. The minimum absolute atomic E-state index is 0.0272. The molecule has 1 heterocycles. The number of aromatic nitrogens is 1. The lowest BCUT2D eigenvalue weighted by Crippen LogP contribution is -2.24. The van der Waals surface area contributed by atoms with Gasteiger partial charge >= 0.3 is 0 Å². The summed E-state index contributed by atoms with van der Waals surface area (Å²) in [5.41, 5.74) is 0.616. The first-order valence-corrected chi connectivity index (χ1v) is 7.15. The summed E-state index contributed by atoms with van der Waals surface area (Å²) < 4.78 is 27.2. The van der Waals surface area contributed by atoms with Crippen molar-refractivity contribution < 1.29 is 13.6 Å². The van der Waals surface area contributed by atoms with E-state index >= 15 is 0 Å². The lowest BCUT2D eigenvalue weighted by atomic mass is 10.2. The van der Waals surface area contributed by atoms with Crippen LogP contribution in [-0.2, 0) is 11.2 Å². The molecule has 0 spiro atoms. The van der Waals surface area contributed by atoms with Gasteiger partial charge in [-0.15, -0.1) is 11.3 Å². The van der Waals surface area contributed by atoms with E-state index < -0.39 is 11.6 Å². The summed E-state index contributed by atoms with van der Waals surface area (Å²) in [5.74, 6) is -1.27. The lowest BCUT2D eigenvalue weighted by Gasteiger charge is -2.01. The Labute approximate surface area is 119 Å². The Kier molecular flexibility index (Phi) is 4.79. The Morgan fingerprint density at radius 3 is 2.70 bits per heavy atom. The van der Waals surface area contributed by atoms with Gasteiger partial charge in [-0.2, -0.15) is 0 Å². The maximum absolute atomic E-state index is 13.6. The van der Waals surface area contributed by atoms with Gasteiger partial charge in [0.15, 0.2) is 0 Å². The molecule has 0 aliphatic carbocycles. The van der Waals surface area contributed by atoms with Crippen LogP contribution in [0.4, 0.5) is 8.78 Å². The van der Waals surface area contributed by atoms with Crippen molar-refractivity contribution in [3.63, 3.8) is 0 Å². The quantitative estimate of drug-likeness (QED) is 0.921. The zero-order chi connectivity index (χ0) is 14.5. The minimum atomic E-state index is -0.620. The number of carbonyl (C=O) groups excluding carboxylic acids is 1. The zero-order valence-electron chi connectivity index (χ0n) is 11.0. The number of amides is 1. The van der Waals surface area contributed by atoms with E-state index in [2.05, 4.69) is 10.3 Å². The second-order valence-electron chi connectivity index (χ2n) is 4.19. The van der Waals surface area contributed by atoms with Crippen LogP contribution in [0.3, 0.4) is 0 Å². The van der Waals surface area contributed by atoms with Crippen molar-refractivity contribution in [3.05, 3.63) is 40.9 Å². The van der Waals surface area contributed by atoms with Gasteiger partial charge in [-0.1, -0.05) is 13.0 Å². The molecule has 0 atom stereocenters. The molecule has 2 rings (SSSR count). The first-order valence-electron chi connectivity index (χ1n) is 6.27. The number of hydrogen-bond acceptors (Lipinski definition) is 3. The molecular weight excluding hydrogens is 282 g/mol. The molecule has 2 aromatic rings. The van der Waals surface area contributed by atoms with Crippen molar-refractivity contribution in [3.8, 4) is 10.6 Å². The van der Waals surface area contributed by atoms with Crippen LogP contribution in [0.2, 0.25) is 0 Å². The summed E-state index contributed by atoms with van der Waals surface area (Å²) in [6.45, 7) is 2.24. The van der Waals surface area contributed by atoms with E-state index in [-0.39, 0.29) is 11.5 Å². The molecule has 1 N–H and O–H groups in total. The number of carbonyl (C=O) groups is 1. The molecule has 0 aliphatic heterocycles. The van der Waals surface area contributed by atoms with Gasteiger partial charge in [0.1, 0.15) is 16.6 Å². The highest BCUT2D eigenvalue weighted by atomic mass is 32.1. The maximum Gasteiger partial charge on any atom is 0.219 e. The number of halogens is 2. The van der Waals surface area contributed by atoms with Crippen molar-refractivity contribution in [2.75, 3.05) is 6.54 Å². The van der Waals surface area contributed by atoms with Crippen LogP contribution >= 0.6 is 11.3 Å². The molecule has 0 unspecified atom stereocenters. The lowest BCUT2D eigenvalue weighted by molar-refractivity contribution is -0.120. The van der Waals surface area contributed by atoms with Crippen LogP contribution in [-0.4, -0.2) is 17.4 Å². The van der Waals surface area contributed by atoms with E-state index in [1.165, 1.54) is 29.5 Å². The Balaban J connectivity index is 2.07. The summed E-state index contributed by atoms with van der Waals surface area (Å²) in [6, 6.07) is 3.74. The van der Waals surface area contributed by atoms with Crippen molar-refractivity contribution >= 4 is 17.2 Å². The van der Waals surface area contributed by atoms with Crippen molar-refractivity contribution in [2.45, 2.75) is 19.8 Å². The summed E-state index contributed by atoms with van der Waals surface area (Å²) in [5, 5.41) is 4.80. The second-order valence-corrected chi connectivity index (χ2v) is 5.05. The second kappa shape index (κ2) is 6.56. The predicted octanol–water partition coefficient (Wildman–Crippen LogP) is 3.16. The van der Waals surface area contributed by atoms with E-state index in [0.29, 0.717) is 30.1 Å². The molecule has 106 valence electrons. The molecular formula is C14H14F2N2OS. The van der Waals surface area contributed by atoms with Crippen LogP contribution in [0, 0.1) is 11.6 Å². The van der Waals surface area contributed by atoms with Crippen molar-refractivity contribution in [1.29, 1.82) is 0 Å². The molecule has 0 radical (unpaired) electrons. The topological polar surface area (TPSA) is 42.0 Å². The highest BCUT2D eigenvalue weighted by Gasteiger charge is 2.14. The Morgan fingerprint density at radius 1 is 1.35 bits per heavy atom. The monoisotopic (exact) mass is 296 g/mol. The van der Waals surface area contributed by atoms with E-state index in [1.807, 2.05) is 0 Å². The number of nitrogens with zero attached hydrogens (tertiary/aromatic N) is 1. The van der Waals surface area contributed by atoms with E-state index in [9.17, 15) is 13.6 Å². The molecule has 0 saturated heterocycles. The average Bonchev–Trinajstić information content (AvgIpc) is 2.87. The number of thiazole rings is 1. The fraction of sp³-hybridized carbons (Fsp3) is 0.286. The van der Waals surface area contributed by atoms with Gasteiger partial charge in [0.05, 0.1) is 11.3 Å². The van der Waals surface area contributed by atoms with Gasteiger partial charge < -0.3 is 5.32 Å². The number of rotatable bonds is 5. The van der Waals surface area contributed by atoms with Gasteiger partial charge in [-0.05, 0) is 12.1 Å². The first kappa shape index (κ1) is 14.6. The van der Waals surface area contributed by atoms with E-state index in [0.717, 1.165) is 0 Å². The van der Waals surface area contributed by atoms with Crippen LogP contribution < -0.4 is 5.32 Å². The van der Waals surface area contributed by atoms with Gasteiger partial charge in [0.25, 0.3) is 0 Å². The maximum atomic E-state index is 13.6. The first-order chi connectivity index (χ1) is 9.61. The molecule has 0 bridgehead atoms. The molecule has 0 saturated carbocycles. The summed E-state index contributed by atoms with van der Waals surface area (Å²) in [4.78, 5) is 15.3. The Hall–Kier alpha value is -1.82. The zero-order valence-corrected chi connectivity index (χ0v) is 11.8. The molecule has 0 aliphatic rings. The number of hydrogen-bond donors (Lipinski definition) is 1. The molecule has 0 fully saturated rings. The van der Waals surface area contributed by atoms with Crippen molar-refractivity contribution in [2.24, 2.45) is 0 Å². The van der Waals surface area contributed by atoms with Crippen LogP contribution in [0.25, 0.3) is 10.6 Å². The molecule has 1 aromatic carbocycles. The molecule has 1 aromatic heterocycles. The highest BCUT2D eigenvalue weighted by Crippen LogP contribution is 2.28. The van der Waals surface area contributed by atoms with Gasteiger partial charge in [-0.25, -0.2) is 13.8 Å². The standard InChI is InChI=1S/C14H14F2N2OS/c1-2-12(19)17-7-6-9-8-20-14(18-9)13-10(15)4-3-5-11(13)16/h3-5,8H,2,6-7H2,1H3,(H,17,19). The normalized spacial score (nSPS) is 10.6. The molecule has 3 nitrogen and oxygen atoms in total. The summed E-state index contributed by atoms with van der Waals surface area (Å²) in [6.07, 6.45) is 0.973. The smallest absolute Gasteiger partial charge is 0.219 e. The highest BCUT2D eigenvalue weighted by molar-refractivity contribution is 7.13. The third kappa shape index (κ3) is 3.39. The molecule has 1 amide bonds. The molecule has 6 heteroatoms. The SMILES string of the molecule is CCC(=O)NCCc1csc(-c2c(F)cccc2F)n1. The van der Waals surface area contributed by atoms with E-state index in [4.69, 9.17) is 0 Å². The fourth-order valence-electron chi connectivity index (χ4n) is 1.69. The Bertz CT molecular complexity index is 593. The van der Waals surface area contributed by atoms with Gasteiger partial charge in [0, 0.05) is 24.8 Å². The third-order valence-electron chi connectivity index (χ3n) is 2.75. The van der Waals surface area contributed by atoms with Crippen molar-refractivity contribution in [1.82, 2.24) is 10.3 Å². The number of benzene rings is 1. The number of nitrogens with one attached hydrogen (secondary N) is 1. The minimum Gasteiger partial charge on any atom is -0.356 e. The van der Waals surface area contributed by atoms with Crippen LogP contribution in [0.1, 0.15) is 19.0 Å². The summed E-state index contributed by atoms with van der Waals surface area (Å²) in [7, 11) is 0. The third-order valence-corrected chi connectivity index (χ3v) is 3.66. The fourth-order valence-corrected chi connectivity index (χ4v) is 2.59.